The average molecular weight is 325 g/mol. The Morgan fingerprint density at radius 1 is 1.36 bits per heavy atom. The van der Waals surface area contributed by atoms with Crippen molar-refractivity contribution in [3.63, 3.8) is 0 Å². The summed E-state index contributed by atoms with van der Waals surface area (Å²) in [6.45, 7) is 7.38. The van der Waals surface area contributed by atoms with E-state index in [0.29, 0.717) is 18.9 Å². The van der Waals surface area contributed by atoms with Gasteiger partial charge in [-0.2, -0.15) is 0 Å². The smallest absolute Gasteiger partial charge is 0.191 e. The maximum absolute atomic E-state index is 11.2. The molecule has 0 fully saturated rings. The molecule has 0 aliphatic heterocycles. The zero-order chi connectivity index (χ0) is 16.6. The summed E-state index contributed by atoms with van der Waals surface area (Å²) in [4.78, 5) is 4.55. The maximum Gasteiger partial charge on any atom is 0.191 e. The zero-order valence-corrected chi connectivity index (χ0v) is 14.7. The van der Waals surface area contributed by atoms with E-state index in [0.717, 1.165) is 12.1 Å². The second-order valence-corrected chi connectivity index (χ2v) is 7.91. The van der Waals surface area contributed by atoms with Crippen LogP contribution in [0.5, 0.6) is 0 Å². The van der Waals surface area contributed by atoms with Gasteiger partial charge in [0, 0.05) is 18.8 Å². The zero-order valence-electron chi connectivity index (χ0n) is 13.9. The van der Waals surface area contributed by atoms with Gasteiger partial charge in [0.15, 0.2) is 5.96 Å². The number of rotatable bonds is 7. The van der Waals surface area contributed by atoms with Gasteiger partial charge in [-0.1, -0.05) is 29.8 Å². The van der Waals surface area contributed by atoms with Gasteiger partial charge in [-0.15, -0.1) is 0 Å². The Morgan fingerprint density at radius 2 is 2.09 bits per heavy atom. The Bertz CT molecular complexity index is 597. The first-order chi connectivity index (χ1) is 10.3. The molecule has 1 rings (SSSR count). The molecule has 6 heteroatoms. The summed E-state index contributed by atoms with van der Waals surface area (Å²) in [6, 6.07) is 8.29. The monoisotopic (exact) mass is 325 g/mol. The van der Waals surface area contributed by atoms with Gasteiger partial charge in [0.1, 0.15) is 9.84 Å². The van der Waals surface area contributed by atoms with Crippen LogP contribution in [0.4, 0.5) is 0 Å². The number of benzene rings is 1. The van der Waals surface area contributed by atoms with Crippen molar-refractivity contribution in [2.45, 2.75) is 39.8 Å². The van der Waals surface area contributed by atoms with E-state index in [1.807, 2.05) is 26.0 Å². The number of nitrogens with zero attached hydrogens (tertiary/aromatic N) is 1. The van der Waals surface area contributed by atoms with Crippen molar-refractivity contribution in [3.8, 4) is 0 Å². The van der Waals surface area contributed by atoms with E-state index in [1.54, 1.807) is 0 Å². The fourth-order valence-corrected chi connectivity index (χ4v) is 2.78. The first kappa shape index (κ1) is 18.5. The number of hydrogen-bond acceptors (Lipinski definition) is 3. The lowest BCUT2D eigenvalue weighted by Gasteiger charge is -2.17. The number of guanidine groups is 1. The van der Waals surface area contributed by atoms with Gasteiger partial charge in [-0.05, 0) is 32.8 Å². The van der Waals surface area contributed by atoms with E-state index in [9.17, 15) is 8.42 Å². The number of aryl methyl sites for hydroxylation is 1. The third-order valence-electron chi connectivity index (χ3n) is 3.15. The Morgan fingerprint density at radius 3 is 2.68 bits per heavy atom. The van der Waals surface area contributed by atoms with Crippen molar-refractivity contribution in [2.75, 3.05) is 18.6 Å². The topological polar surface area (TPSA) is 70.6 Å². The summed E-state index contributed by atoms with van der Waals surface area (Å²) in [7, 11) is -2.93. The highest BCUT2D eigenvalue weighted by Gasteiger charge is 2.09. The molecule has 1 unspecified atom stereocenters. The van der Waals surface area contributed by atoms with Crippen molar-refractivity contribution >= 4 is 15.8 Å². The number of hydrogen-bond donors (Lipinski definition) is 2. The summed E-state index contributed by atoms with van der Waals surface area (Å²) in [6.07, 6.45) is 1.82. The minimum Gasteiger partial charge on any atom is -0.357 e. The van der Waals surface area contributed by atoms with Crippen LogP contribution in [0.2, 0.25) is 0 Å². The molecule has 22 heavy (non-hydrogen) atoms. The molecule has 0 spiro atoms. The first-order valence-electron chi connectivity index (χ1n) is 7.58. The Hall–Kier alpha value is -1.56. The molecule has 0 aliphatic carbocycles. The van der Waals surface area contributed by atoms with E-state index < -0.39 is 9.84 Å². The normalized spacial score (nSPS) is 13.7. The Labute approximate surface area is 134 Å². The molecular weight excluding hydrogens is 298 g/mol. The van der Waals surface area contributed by atoms with E-state index in [-0.39, 0.29) is 11.8 Å². The molecule has 0 saturated heterocycles. The summed E-state index contributed by atoms with van der Waals surface area (Å²) in [5.74, 6) is 0.892. The van der Waals surface area contributed by atoms with Crippen LogP contribution < -0.4 is 10.6 Å². The van der Waals surface area contributed by atoms with Crippen molar-refractivity contribution in [2.24, 2.45) is 4.99 Å². The van der Waals surface area contributed by atoms with Crippen molar-refractivity contribution in [1.82, 2.24) is 10.6 Å². The van der Waals surface area contributed by atoms with Gasteiger partial charge in [-0.3, -0.25) is 0 Å². The summed E-state index contributed by atoms with van der Waals surface area (Å²) in [5.41, 5.74) is 2.37. The molecule has 0 radical (unpaired) electrons. The van der Waals surface area contributed by atoms with Gasteiger partial charge in [0.25, 0.3) is 0 Å². The van der Waals surface area contributed by atoms with Crippen molar-refractivity contribution in [1.29, 1.82) is 0 Å². The molecule has 2 N–H and O–H groups in total. The molecular formula is C16H27N3O2S. The van der Waals surface area contributed by atoms with Gasteiger partial charge in [0.2, 0.25) is 0 Å². The van der Waals surface area contributed by atoms with Crippen LogP contribution in [0.15, 0.2) is 29.3 Å². The summed E-state index contributed by atoms with van der Waals surface area (Å²) >= 11 is 0. The van der Waals surface area contributed by atoms with E-state index in [4.69, 9.17) is 0 Å². The fourth-order valence-electron chi connectivity index (χ4n) is 2.00. The van der Waals surface area contributed by atoms with Gasteiger partial charge in [-0.25, -0.2) is 13.4 Å². The van der Waals surface area contributed by atoms with Crippen LogP contribution in [-0.2, 0) is 16.4 Å². The summed E-state index contributed by atoms with van der Waals surface area (Å²) in [5, 5.41) is 6.43. The van der Waals surface area contributed by atoms with Gasteiger partial charge < -0.3 is 10.6 Å². The number of nitrogens with one attached hydrogen (secondary N) is 2. The molecule has 124 valence electrons. The van der Waals surface area contributed by atoms with Crippen LogP contribution in [0, 0.1) is 6.92 Å². The third kappa shape index (κ3) is 8.02. The minimum atomic E-state index is -2.93. The molecule has 0 aromatic heterocycles. The molecule has 1 atom stereocenters. The third-order valence-corrected chi connectivity index (χ3v) is 4.13. The molecule has 0 amide bonds. The predicted octanol–water partition coefficient (Wildman–Crippen LogP) is 1.87. The fraction of sp³-hybridized carbons (Fsp3) is 0.562. The molecule has 1 aromatic carbocycles. The van der Waals surface area contributed by atoms with Crippen LogP contribution in [0.3, 0.4) is 0 Å². The highest BCUT2D eigenvalue weighted by Crippen LogP contribution is 2.05. The molecule has 0 aliphatic rings. The second kappa shape index (κ2) is 8.78. The quantitative estimate of drug-likeness (QED) is 0.593. The number of aliphatic imine (C=N–C) groups is 1. The van der Waals surface area contributed by atoms with Crippen molar-refractivity contribution < 1.29 is 8.42 Å². The molecule has 0 heterocycles. The molecule has 5 nitrogen and oxygen atoms in total. The SMILES string of the molecule is CCNC(=NCc1cccc(C)c1)NC(C)CCS(C)(=O)=O. The summed E-state index contributed by atoms with van der Waals surface area (Å²) < 4.78 is 22.4. The van der Waals surface area contributed by atoms with Crippen LogP contribution >= 0.6 is 0 Å². The van der Waals surface area contributed by atoms with Crippen LogP contribution in [-0.4, -0.2) is 39.0 Å². The van der Waals surface area contributed by atoms with E-state index in [2.05, 4.69) is 34.7 Å². The maximum atomic E-state index is 11.2. The molecule has 1 aromatic rings. The first-order valence-corrected chi connectivity index (χ1v) is 9.64. The number of sulfone groups is 1. The highest BCUT2D eigenvalue weighted by molar-refractivity contribution is 7.90. The van der Waals surface area contributed by atoms with E-state index in [1.165, 1.54) is 11.8 Å². The average Bonchev–Trinajstić information content (AvgIpc) is 2.42. The lowest BCUT2D eigenvalue weighted by atomic mass is 10.1. The predicted molar refractivity (Wildman–Crippen MR) is 92.9 cm³/mol. The van der Waals surface area contributed by atoms with Crippen LogP contribution in [0.25, 0.3) is 0 Å². The largest absolute Gasteiger partial charge is 0.357 e. The standard InChI is InChI=1S/C16H27N3O2S/c1-5-17-16(19-14(3)9-10-22(4,20)21)18-12-15-8-6-7-13(2)11-15/h6-8,11,14H,5,9-10,12H2,1-4H3,(H2,17,18,19). The molecule has 0 saturated carbocycles. The van der Waals surface area contributed by atoms with Gasteiger partial charge in [0.05, 0.1) is 12.3 Å². The van der Waals surface area contributed by atoms with Crippen LogP contribution in [0.1, 0.15) is 31.4 Å². The highest BCUT2D eigenvalue weighted by atomic mass is 32.2. The van der Waals surface area contributed by atoms with E-state index >= 15 is 0 Å². The minimum absolute atomic E-state index is 0.0463. The van der Waals surface area contributed by atoms with Gasteiger partial charge >= 0.3 is 0 Å². The lowest BCUT2D eigenvalue weighted by Crippen LogP contribution is -2.42. The Kier molecular flexibility index (Phi) is 7.38. The molecule has 0 bridgehead atoms. The lowest BCUT2D eigenvalue weighted by molar-refractivity contribution is 0.581. The Balaban J connectivity index is 2.62. The van der Waals surface area contributed by atoms with Crippen molar-refractivity contribution in [3.05, 3.63) is 35.4 Å². The second-order valence-electron chi connectivity index (χ2n) is 5.65.